The molecule has 120 valence electrons. The number of aromatic amines is 1. The predicted molar refractivity (Wildman–Crippen MR) is 93.2 cm³/mol. The molecule has 23 heavy (non-hydrogen) atoms. The van der Waals surface area contributed by atoms with Crippen molar-refractivity contribution in [3.8, 4) is 0 Å². The van der Waals surface area contributed by atoms with Gasteiger partial charge in [-0.25, -0.2) is 0 Å². The van der Waals surface area contributed by atoms with Crippen LogP contribution in [0.15, 0.2) is 30.5 Å². The van der Waals surface area contributed by atoms with Crippen LogP contribution in [0.2, 0.25) is 0 Å². The van der Waals surface area contributed by atoms with Gasteiger partial charge in [-0.1, -0.05) is 25.1 Å². The second-order valence-corrected chi connectivity index (χ2v) is 6.75. The van der Waals surface area contributed by atoms with Crippen molar-refractivity contribution < 1.29 is 4.79 Å². The number of carbonyl (C=O) groups excluding carboxylic acids is 1. The van der Waals surface area contributed by atoms with Crippen molar-refractivity contribution in [2.45, 2.75) is 38.8 Å². The first-order valence-corrected chi connectivity index (χ1v) is 8.52. The molecule has 0 radical (unpaired) electrons. The highest BCUT2D eigenvalue weighted by Crippen LogP contribution is 2.38. The molecule has 0 unspecified atom stereocenters. The topological polar surface area (TPSA) is 56.9 Å². The normalized spacial score (nSPS) is 24.0. The van der Waals surface area contributed by atoms with Gasteiger partial charge in [0, 0.05) is 35.7 Å². The van der Waals surface area contributed by atoms with Gasteiger partial charge in [0.1, 0.15) is 0 Å². The number of aromatic nitrogens is 1. The maximum Gasteiger partial charge on any atom is 0.228 e. The van der Waals surface area contributed by atoms with E-state index in [1.54, 1.807) is 0 Å². The maximum absolute atomic E-state index is 12.5. The Bertz CT molecular complexity index is 789. The van der Waals surface area contributed by atoms with Gasteiger partial charge in [-0.2, -0.15) is 0 Å². The number of nitrogens with one attached hydrogen (secondary N) is 3. The number of carbonyl (C=O) groups is 1. The lowest BCUT2D eigenvalue weighted by molar-refractivity contribution is -0.124. The molecule has 0 bridgehead atoms. The molecular weight excluding hydrogens is 286 g/mol. The smallest absolute Gasteiger partial charge is 0.228 e. The monoisotopic (exact) mass is 309 g/mol. The number of amides is 1. The Kier molecular flexibility index (Phi) is 3.49. The van der Waals surface area contributed by atoms with E-state index in [1.807, 2.05) is 0 Å². The van der Waals surface area contributed by atoms with Gasteiger partial charge >= 0.3 is 0 Å². The molecule has 0 saturated carbocycles. The Hall–Kier alpha value is -2.07. The Labute approximate surface area is 136 Å². The van der Waals surface area contributed by atoms with Crippen LogP contribution in [0, 0.1) is 5.92 Å². The first-order valence-electron chi connectivity index (χ1n) is 8.52. The standard InChI is InChI=1S/C19H23N3O/c1-3-11(2)22-19(23)13-7-15-14-5-4-6-16-18(14)12(9-20-16)8-17(15)21-10-13/h4-7,9,11,13,17,20-21H,3,8,10H2,1-2H3,(H,22,23)/t11-,13-,17-/m1/s1. The van der Waals surface area contributed by atoms with E-state index in [1.165, 1.54) is 27.6 Å². The summed E-state index contributed by atoms with van der Waals surface area (Å²) < 4.78 is 0. The molecule has 2 aromatic rings. The number of rotatable bonds is 3. The highest BCUT2D eigenvalue weighted by atomic mass is 16.1. The number of fused-ring (bicyclic) bond motifs is 2. The third-order valence-electron chi connectivity index (χ3n) is 5.20. The summed E-state index contributed by atoms with van der Waals surface area (Å²) in [6.07, 6.45) is 6.25. The average molecular weight is 309 g/mol. The zero-order chi connectivity index (χ0) is 16.0. The number of hydrogen-bond acceptors (Lipinski definition) is 2. The van der Waals surface area contributed by atoms with Crippen LogP contribution in [0.4, 0.5) is 0 Å². The first-order chi connectivity index (χ1) is 11.2. The molecule has 3 N–H and O–H groups in total. The van der Waals surface area contributed by atoms with Crippen molar-refractivity contribution in [3.05, 3.63) is 41.6 Å². The zero-order valence-electron chi connectivity index (χ0n) is 13.6. The fourth-order valence-electron chi connectivity index (χ4n) is 3.73. The van der Waals surface area contributed by atoms with Crippen LogP contribution >= 0.6 is 0 Å². The molecular formula is C19H23N3O. The van der Waals surface area contributed by atoms with Crippen molar-refractivity contribution in [2.24, 2.45) is 5.92 Å². The summed E-state index contributed by atoms with van der Waals surface area (Å²) in [5, 5.41) is 8.00. The van der Waals surface area contributed by atoms with E-state index in [4.69, 9.17) is 0 Å². The Morgan fingerprint density at radius 3 is 3.13 bits per heavy atom. The molecule has 4 rings (SSSR count). The van der Waals surface area contributed by atoms with E-state index in [0.29, 0.717) is 12.6 Å². The largest absolute Gasteiger partial charge is 0.361 e. The molecule has 1 aliphatic heterocycles. The molecule has 4 nitrogen and oxygen atoms in total. The molecule has 0 spiro atoms. The Balaban J connectivity index is 1.71. The number of H-pyrrole nitrogens is 1. The van der Waals surface area contributed by atoms with Gasteiger partial charge in [-0.15, -0.1) is 0 Å². The van der Waals surface area contributed by atoms with E-state index in [2.05, 4.69) is 59.9 Å². The zero-order valence-corrected chi connectivity index (χ0v) is 13.6. The van der Waals surface area contributed by atoms with E-state index < -0.39 is 0 Å². The lowest BCUT2D eigenvalue weighted by Gasteiger charge is -2.33. The van der Waals surface area contributed by atoms with Crippen molar-refractivity contribution in [3.63, 3.8) is 0 Å². The third-order valence-corrected chi connectivity index (χ3v) is 5.20. The fraction of sp³-hybridized carbons (Fsp3) is 0.421. The predicted octanol–water partition coefficient (Wildman–Crippen LogP) is 2.61. The minimum absolute atomic E-state index is 0.0917. The van der Waals surface area contributed by atoms with Gasteiger partial charge in [0.2, 0.25) is 5.91 Å². The highest BCUT2D eigenvalue weighted by molar-refractivity contribution is 5.99. The van der Waals surface area contributed by atoms with Crippen molar-refractivity contribution in [2.75, 3.05) is 6.54 Å². The lowest BCUT2D eigenvalue weighted by atomic mass is 9.80. The highest BCUT2D eigenvalue weighted by Gasteiger charge is 2.32. The van der Waals surface area contributed by atoms with Gasteiger partial charge in [0.05, 0.1) is 5.92 Å². The fourth-order valence-corrected chi connectivity index (χ4v) is 3.73. The second-order valence-electron chi connectivity index (χ2n) is 6.75. The molecule has 1 aliphatic carbocycles. The minimum atomic E-state index is -0.0917. The van der Waals surface area contributed by atoms with Crippen molar-refractivity contribution in [1.82, 2.24) is 15.6 Å². The molecule has 4 heteroatoms. The molecule has 2 heterocycles. The van der Waals surface area contributed by atoms with Gasteiger partial charge in [0.25, 0.3) is 0 Å². The van der Waals surface area contributed by atoms with E-state index >= 15 is 0 Å². The maximum atomic E-state index is 12.5. The molecule has 0 saturated heterocycles. The van der Waals surface area contributed by atoms with Gasteiger partial charge in [-0.05, 0) is 42.5 Å². The molecule has 3 atom stereocenters. The third kappa shape index (κ3) is 2.38. The summed E-state index contributed by atoms with van der Waals surface area (Å²) in [6.45, 7) is 4.86. The Morgan fingerprint density at radius 2 is 2.30 bits per heavy atom. The van der Waals surface area contributed by atoms with Crippen LogP contribution in [-0.4, -0.2) is 29.5 Å². The van der Waals surface area contributed by atoms with Crippen molar-refractivity contribution in [1.29, 1.82) is 0 Å². The first kappa shape index (κ1) is 14.5. The lowest BCUT2D eigenvalue weighted by Crippen LogP contribution is -2.47. The van der Waals surface area contributed by atoms with Gasteiger partial charge in [-0.3, -0.25) is 4.79 Å². The van der Waals surface area contributed by atoms with Crippen LogP contribution in [0.3, 0.4) is 0 Å². The summed E-state index contributed by atoms with van der Waals surface area (Å²) in [4.78, 5) is 15.8. The summed E-state index contributed by atoms with van der Waals surface area (Å²) in [5.74, 6) is 0.0378. The molecule has 2 aliphatic rings. The van der Waals surface area contributed by atoms with Crippen LogP contribution in [0.25, 0.3) is 16.5 Å². The van der Waals surface area contributed by atoms with Crippen LogP contribution in [0.5, 0.6) is 0 Å². The van der Waals surface area contributed by atoms with Crippen LogP contribution in [0.1, 0.15) is 31.4 Å². The van der Waals surface area contributed by atoms with Gasteiger partial charge in [0.15, 0.2) is 0 Å². The molecule has 1 amide bonds. The summed E-state index contributed by atoms with van der Waals surface area (Å²) >= 11 is 0. The van der Waals surface area contributed by atoms with E-state index in [9.17, 15) is 4.79 Å². The quantitative estimate of drug-likeness (QED) is 0.816. The Morgan fingerprint density at radius 1 is 1.43 bits per heavy atom. The summed E-state index contributed by atoms with van der Waals surface area (Å²) in [6, 6.07) is 6.92. The SMILES string of the molecule is CC[C@@H](C)NC(=O)[C@@H]1C=C2c3cccc4[nH]cc(c34)C[C@H]2NC1. The molecule has 1 aromatic carbocycles. The number of benzene rings is 1. The molecule has 1 aromatic heterocycles. The van der Waals surface area contributed by atoms with Crippen LogP contribution in [-0.2, 0) is 11.2 Å². The van der Waals surface area contributed by atoms with E-state index in [0.717, 1.165) is 12.8 Å². The molecule has 0 fully saturated rings. The second kappa shape index (κ2) is 5.53. The van der Waals surface area contributed by atoms with Gasteiger partial charge < -0.3 is 15.6 Å². The average Bonchev–Trinajstić information content (AvgIpc) is 2.99. The number of hydrogen-bond donors (Lipinski definition) is 3. The minimum Gasteiger partial charge on any atom is -0.361 e. The van der Waals surface area contributed by atoms with Crippen molar-refractivity contribution >= 4 is 22.4 Å². The summed E-state index contributed by atoms with van der Waals surface area (Å²) in [5.41, 5.74) is 5.09. The van der Waals surface area contributed by atoms with E-state index in [-0.39, 0.29) is 17.9 Å². The van der Waals surface area contributed by atoms with Crippen LogP contribution < -0.4 is 10.6 Å². The summed E-state index contributed by atoms with van der Waals surface area (Å²) in [7, 11) is 0.